The fraction of sp³-hybridized carbons (Fsp3) is 0.333. The molecule has 0 aromatic heterocycles. The molecule has 0 spiro atoms. The van der Waals surface area contributed by atoms with Crippen LogP contribution >= 0.6 is 11.6 Å². The van der Waals surface area contributed by atoms with Gasteiger partial charge in [-0.05, 0) is 43.5 Å². The van der Waals surface area contributed by atoms with Gasteiger partial charge in [-0.3, -0.25) is 14.4 Å². The van der Waals surface area contributed by atoms with E-state index in [2.05, 4.69) is 5.48 Å². The summed E-state index contributed by atoms with van der Waals surface area (Å²) < 4.78 is 4.98. The molecule has 2 aliphatic rings. The smallest absolute Gasteiger partial charge is 0.423 e. The molecule has 2 aliphatic heterocycles. The van der Waals surface area contributed by atoms with Crippen LogP contribution in [0.1, 0.15) is 48.2 Å². The molecule has 4 rings (SSSR count). The van der Waals surface area contributed by atoms with E-state index in [-0.39, 0.29) is 64.5 Å². The molecule has 36 heavy (non-hydrogen) atoms. The number of hydrogen-bond donors (Lipinski definition) is 2. The molecule has 0 saturated carbocycles. The van der Waals surface area contributed by atoms with Crippen LogP contribution in [0.2, 0.25) is 5.02 Å². The molecule has 0 aliphatic carbocycles. The van der Waals surface area contributed by atoms with Gasteiger partial charge in [0.15, 0.2) is 0 Å². The number of piperidine rings is 1. The summed E-state index contributed by atoms with van der Waals surface area (Å²) in [6, 6.07) is 11.0. The minimum absolute atomic E-state index is 0. The SMILES string of the molecule is CC(C)OC(=O)N1C(=O)CCC(N2Cc3cc(CNO)ccc3C2=O)C1=O.[NH-]c1cccc(Cl)c1.[Y]. The molecule has 1 unspecified atom stereocenters. The van der Waals surface area contributed by atoms with Gasteiger partial charge in [0.05, 0.1) is 6.10 Å². The number of carbonyl (C=O) groups is 4. The molecule has 189 valence electrons. The Morgan fingerprint density at radius 3 is 2.53 bits per heavy atom. The number of nitrogens with zero attached hydrogens (tertiary/aromatic N) is 2. The van der Waals surface area contributed by atoms with Gasteiger partial charge in [0.1, 0.15) is 6.04 Å². The van der Waals surface area contributed by atoms with Crippen molar-refractivity contribution in [3.8, 4) is 0 Å². The summed E-state index contributed by atoms with van der Waals surface area (Å²) in [5, 5.41) is 9.45. The van der Waals surface area contributed by atoms with Gasteiger partial charge < -0.3 is 20.6 Å². The molecule has 2 aromatic rings. The van der Waals surface area contributed by atoms with E-state index >= 15 is 0 Å². The number of fused-ring (bicyclic) bond motifs is 1. The molecule has 1 saturated heterocycles. The third-order valence-corrected chi connectivity index (χ3v) is 5.63. The summed E-state index contributed by atoms with van der Waals surface area (Å²) in [4.78, 5) is 51.6. The Kier molecular flexibility index (Phi) is 11.0. The minimum atomic E-state index is -1.01. The first-order chi connectivity index (χ1) is 16.6. The van der Waals surface area contributed by atoms with Crippen LogP contribution in [-0.2, 0) is 60.1 Å². The van der Waals surface area contributed by atoms with E-state index in [1.54, 1.807) is 56.3 Å². The molecule has 3 N–H and O–H groups in total. The van der Waals surface area contributed by atoms with E-state index in [9.17, 15) is 19.2 Å². The van der Waals surface area contributed by atoms with Crippen LogP contribution < -0.4 is 5.48 Å². The fourth-order valence-electron chi connectivity index (χ4n) is 3.84. The summed E-state index contributed by atoms with van der Waals surface area (Å²) in [5.41, 5.74) is 11.6. The van der Waals surface area contributed by atoms with Crippen LogP contribution in [0, 0.1) is 0 Å². The van der Waals surface area contributed by atoms with E-state index in [0.717, 1.165) is 11.1 Å². The molecule has 4 amide bonds. The monoisotopic (exact) mass is 590 g/mol. The normalized spacial score (nSPS) is 16.8. The van der Waals surface area contributed by atoms with Crippen molar-refractivity contribution in [1.82, 2.24) is 15.3 Å². The Labute approximate surface area is 238 Å². The fourth-order valence-corrected chi connectivity index (χ4v) is 4.03. The first-order valence-electron chi connectivity index (χ1n) is 11.0. The Morgan fingerprint density at radius 2 is 1.94 bits per heavy atom. The topological polar surface area (TPSA) is 140 Å². The number of likely N-dealkylation sites (tertiary alicyclic amines) is 1. The van der Waals surface area contributed by atoms with Gasteiger partial charge in [-0.2, -0.15) is 4.90 Å². The third kappa shape index (κ3) is 7.11. The van der Waals surface area contributed by atoms with Crippen LogP contribution in [-0.4, -0.2) is 51.0 Å². The molecular weight excluding hydrogens is 565 g/mol. The zero-order chi connectivity index (χ0) is 25.7. The number of halogens is 1. The van der Waals surface area contributed by atoms with Gasteiger partial charge in [-0.15, -0.1) is 5.69 Å². The number of nitrogens with one attached hydrogen (secondary N) is 2. The van der Waals surface area contributed by atoms with Crippen LogP contribution in [0.25, 0.3) is 5.73 Å². The molecule has 12 heteroatoms. The molecule has 1 radical (unpaired) electrons. The van der Waals surface area contributed by atoms with Gasteiger partial charge in [0.25, 0.3) is 11.8 Å². The molecule has 0 bridgehead atoms. The van der Waals surface area contributed by atoms with E-state index in [1.165, 1.54) is 4.90 Å². The number of benzene rings is 2. The first-order valence-corrected chi connectivity index (χ1v) is 11.3. The van der Waals surface area contributed by atoms with Crippen molar-refractivity contribution in [2.45, 2.75) is 51.9 Å². The predicted molar refractivity (Wildman–Crippen MR) is 127 cm³/mol. The zero-order valence-electron chi connectivity index (χ0n) is 19.9. The van der Waals surface area contributed by atoms with Crippen LogP contribution in [0.15, 0.2) is 42.5 Å². The molecular formula is C24H26ClN4O6Y-. The zero-order valence-corrected chi connectivity index (χ0v) is 23.5. The maximum absolute atomic E-state index is 12.8. The number of hydroxylamine groups is 1. The van der Waals surface area contributed by atoms with E-state index in [1.807, 2.05) is 0 Å². The third-order valence-electron chi connectivity index (χ3n) is 5.39. The number of amides is 4. The average molecular weight is 591 g/mol. The van der Waals surface area contributed by atoms with Crippen molar-refractivity contribution in [2.24, 2.45) is 0 Å². The van der Waals surface area contributed by atoms with Crippen molar-refractivity contribution in [1.29, 1.82) is 0 Å². The first kappa shape index (κ1) is 29.9. The molecule has 10 nitrogen and oxygen atoms in total. The standard InChI is InChI=1S/C18H21N3O6.C6H5ClN.Y/c1-10(2)27-18(25)21-15(22)6-5-14(17(21)24)20-9-12-7-11(8-19-26)3-4-13(12)16(20)23;7-5-2-1-3-6(8)4-5;/h3-4,7,10,14,19,26H,5-6,8-9H2,1-2H3;1-4,8H;/q;-1;. The number of ether oxygens (including phenoxy) is 1. The molecule has 1 fully saturated rings. The summed E-state index contributed by atoms with van der Waals surface area (Å²) >= 11 is 5.52. The quantitative estimate of drug-likeness (QED) is 0.402. The number of imide groups is 3. The van der Waals surface area contributed by atoms with Gasteiger partial charge in [0, 0.05) is 62.8 Å². The molecule has 2 heterocycles. The summed E-state index contributed by atoms with van der Waals surface area (Å²) in [6.07, 6.45) is -1.35. The summed E-state index contributed by atoms with van der Waals surface area (Å²) in [6.45, 7) is 3.67. The van der Waals surface area contributed by atoms with Crippen molar-refractivity contribution in [3.63, 3.8) is 0 Å². The molecule has 1 atom stereocenters. The Bertz CT molecular complexity index is 1130. The van der Waals surface area contributed by atoms with E-state index in [0.29, 0.717) is 21.2 Å². The second-order valence-electron chi connectivity index (χ2n) is 8.32. The van der Waals surface area contributed by atoms with Gasteiger partial charge >= 0.3 is 6.09 Å². The van der Waals surface area contributed by atoms with E-state index in [4.69, 9.17) is 27.3 Å². The van der Waals surface area contributed by atoms with Gasteiger partial charge in [-0.25, -0.2) is 10.3 Å². The van der Waals surface area contributed by atoms with Crippen molar-refractivity contribution >= 4 is 41.1 Å². The van der Waals surface area contributed by atoms with Gasteiger partial charge in [-0.1, -0.05) is 41.9 Å². The number of hydrogen-bond acceptors (Lipinski definition) is 7. The molecule has 2 aromatic carbocycles. The minimum Gasteiger partial charge on any atom is -0.699 e. The van der Waals surface area contributed by atoms with Crippen LogP contribution in [0.3, 0.4) is 0 Å². The average Bonchev–Trinajstić information content (AvgIpc) is 3.09. The summed E-state index contributed by atoms with van der Waals surface area (Å²) in [7, 11) is 0. The Balaban J connectivity index is 0.000000433. The maximum atomic E-state index is 12.8. The second-order valence-corrected chi connectivity index (χ2v) is 8.76. The van der Waals surface area contributed by atoms with Crippen LogP contribution in [0.5, 0.6) is 0 Å². The van der Waals surface area contributed by atoms with E-state index < -0.39 is 30.1 Å². The Hall–Kier alpha value is -2.37. The van der Waals surface area contributed by atoms with Gasteiger partial charge in [0.2, 0.25) is 5.91 Å². The van der Waals surface area contributed by atoms with Crippen molar-refractivity contribution < 1.29 is 61.8 Å². The van der Waals surface area contributed by atoms with Crippen molar-refractivity contribution in [2.75, 3.05) is 0 Å². The maximum Gasteiger partial charge on any atom is 0.423 e. The predicted octanol–water partition coefficient (Wildman–Crippen LogP) is 4.21. The largest absolute Gasteiger partial charge is 0.699 e. The van der Waals surface area contributed by atoms with Crippen LogP contribution in [0.4, 0.5) is 10.5 Å². The second kappa shape index (κ2) is 13.3. The van der Waals surface area contributed by atoms with Crippen molar-refractivity contribution in [3.05, 3.63) is 69.9 Å². The Morgan fingerprint density at radius 1 is 1.22 bits per heavy atom. The number of rotatable bonds is 4. The summed E-state index contributed by atoms with van der Waals surface area (Å²) in [5.74, 6) is -1.68. The number of carbonyl (C=O) groups excluding carboxylic acids is 4.